The largest absolute Gasteiger partial charge is 0.452 e. The number of ether oxygens (including phenoxy) is 2. The average molecular weight is 305 g/mol. The van der Waals surface area contributed by atoms with E-state index in [0.29, 0.717) is 18.7 Å². The summed E-state index contributed by atoms with van der Waals surface area (Å²) in [7, 11) is 0. The first-order valence-corrected chi connectivity index (χ1v) is 7.55. The van der Waals surface area contributed by atoms with Crippen molar-refractivity contribution in [2.24, 2.45) is 0 Å². The fourth-order valence-corrected chi connectivity index (χ4v) is 2.65. The quantitative estimate of drug-likeness (QED) is 0.803. The molecule has 1 heterocycles. The molecule has 0 spiro atoms. The fourth-order valence-electron chi connectivity index (χ4n) is 2.65. The SMILES string of the molecule is Cc1cccc(C(=O)OCC(=O)N2C[C@H](C)O[C@@H](C)C2)c1C. The maximum absolute atomic E-state index is 12.2. The van der Waals surface area contributed by atoms with Crippen molar-refractivity contribution in [1.29, 1.82) is 0 Å². The van der Waals surface area contributed by atoms with Gasteiger partial charge in [-0.2, -0.15) is 0 Å². The Kier molecular flexibility index (Phi) is 5.19. The van der Waals surface area contributed by atoms with Crippen molar-refractivity contribution < 1.29 is 19.1 Å². The smallest absolute Gasteiger partial charge is 0.338 e. The summed E-state index contributed by atoms with van der Waals surface area (Å²) in [5.74, 6) is -0.635. The predicted octanol–water partition coefficient (Wildman–Crippen LogP) is 2.10. The van der Waals surface area contributed by atoms with E-state index in [9.17, 15) is 9.59 Å². The molecular weight excluding hydrogens is 282 g/mol. The minimum absolute atomic E-state index is 0.00224. The van der Waals surface area contributed by atoms with Crippen LogP contribution < -0.4 is 0 Å². The fraction of sp³-hybridized carbons (Fsp3) is 0.529. The zero-order chi connectivity index (χ0) is 16.3. The lowest BCUT2D eigenvalue weighted by Gasteiger charge is -2.35. The standard InChI is InChI=1S/C17H23NO4/c1-11-6-5-7-15(14(11)4)17(20)21-10-16(19)18-8-12(2)22-13(3)9-18/h5-7,12-13H,8-10H2,1-4H3/t12-,13-/m0/s1. The van der Waals surface area contributed by atoms with Crippen LogP contribution in [0.3, 0.4) is 0 Å². The van der Waals surface area contributed by atoms with Gasteiger partial charge in [0.05, 0.1) is 17.8 Å². The van der Waals surface area contributed by atoms with Crippen LogP contribution in [0.1, 0.15) is 35.3 Å². The van der Waals surface area contributed by atoms with Crippen LogP contribution in [0.2, 0.25) is 0 Å². The Bertz CT molecular complexity index is 560. The van der Waals surface area contributed by atoms with E-state index < -0.39 is 5.97 Å². The summed E-state index contributed by atoms with van der Waals surface area (Å²) < 4.78 is 10.8. The van der Waals surface area contributed by atoms with Crippen LogP contribution in [0.5, 0.6) is 0 Å². The summed E-state index contributed by atoms with van der Waals surface area (Å²) in [6, 6.07) is 5.47. The molecule has 0 aromatic heterocycles. The molecular formula is C17H23NO4. The lowest BCUT2D eigenvalue weighted by molar-refractivity contribution is -0.146. The van der Waals surface area contributed by atoms with Crippen molar-refractivity contribution >= 4 is 11.9 Å². The Hall–Kier alpha value is -1.88. The molecule has 1 amide bonds. The van der Waals surface area contributed by atoms with Gasteiger partial charge in [0, 0.05) is 13.1 Å². The van der Waals surface area contributed by atoms with E-state index in [2.05, 4.69) is 0 Å². The number of nitrogens with zero attached hydrogens (tertiary/aromatic N) is 1. The van der Waals surface area contributed by atoms with Gasteiger partial charge in [0.25, 0.3) is 5.91 Å². The van der Waals surface area contributed by atoms with E-state index in [-0.39, 0.29) is 24.7 Å². The number of rotatable bonds is 3. The van der Waals surface area contributed by atoms with Gasteiger partial charge in [0.15, 0.2) is 6.61 Å². The number of hydrogen-bond acceptors (Lipinski definition) is 4. The molecule has 0 unspecified atom stereocenters. The summed E-state index contributed by atoms with van der Waals surface area (Å²) in [6.45, 7) is 8.50. The Morgan fingerprint density at radius 1 is 1.23 bits per heavy atom. The first kappa shape index (κ1) is 16.5. The van der Waals surface area contributed by atoms with Crippen LogP contribution in [0.15, 0.2) is 18.2 Å². The molecule has 2 rings (SSSR count). The summed E-state index contributed by atoms with van der Waals surface area (Å²) in [5, 5.41) is 0. The topological polar surface area (TPSA) is 55.8 Å². The second kappa shape index (κ2) is 6.92. The number of esters is 1. The van der Waals surface area contributed by atoms with Gasteiger partial charge in [0.1, 0.15) is 0 Å². The van der Waals surface area contributed by atoms with Gasteiger partial charge in [-0.15, -0.1) is 0 Å². The lowest BCUT2D eigenvalue weighted by atomic mass is 10.0. The van der Waals surface area contributed by atoms with Crippen molar-refractivity contribution in [3.8, 4) is 0 Å². The normalized spacial score (nSPS) is 21.5. The molecule has 1 aromatic carbocycles. The van der Waals surface area contributed by atoms with Crippen LogP contribution in [-0.4, -0.2) is 48.7 Å². The monoisotopic (exact) mass is 305 g/mol. The van der Waals surface area contributed by atoms with Crippen LogP contribution in [0.25, 0.3) is 0 Å². The third-order valence-electron chi connectivity index (χ3n) is 3.92. The highest BCUT2D eigenvalue weighted by molar-refractivity contribution is 5.93. The predicted molar refractivity (Wildman–Crippen MR) is 82.8 cm³/mol. The van der Waals surface area contributed by atoms with Crippen LogP contribution in [0, 0.1) is 13.8 Å². The molecule has 5 nitrogen and oxygen atoms in total. The Morgan fingerprint density at radius 3 is 2.50 bits per heavy atom. The van der Waals surface area contributed by atoms with Crippen molar-refractivity contribution in [2.45, 2.75) is 39.9 Å². The molecule has 120 valence electrons. The zero-order valence-corrected chi connectivity index (χ0v) is 13.6. The molecule has 0 aliphatic carbocycles. The first-order valence-electron chi connectivity index (χ1n) is 7.55. The highest BCUT2D eigenvalue weighted by Crippen LogP contribution is 2.14. The van der Waals surface area contributed by atoms with E-state index in [1.807, 2.05) is 39.8 Å². The van der Waals surface area contributed by atoms with E-state index in [4.69, 9.17) is 9.47 Å². The minimum Gasteiger partial charge on any atom is -0.452 e. The summed E-state index contributed by atoms with van der Waals surface area (Å²) in [5.41, 5.74) is 2.42. The molecule has 0 bridgehead atoms. The third kappa shape index (κ3) is 3.85. The van der Waals surface area contributed by atoms with Gasteiger partial charge in [0.2, 0.25) is 0 Å². The lowest BCUT2D eigenvalue weighted by Crippen LogP contribution is -2.49. The molecule has 1 aromatic rings. The highest BCUT2D eigenvalue weighted by atomic mass is 16.5. The van der Waals surface area contributed by atoms with Gasteiger partial charge < -0.3 is 14.4 Å². The molecule has 0 N–H and O–H groups in total. The zero-order valence-electron chi connectivity index (χ0n) is 13.6. The van der Waals surface area contributed by atoms with E-state index >= 15 is 0 Å². The number of morpholine rings is 1. The first-order chi connectivity index (χ1) is 10.4. The molecule has 0 radical (unpaired) electrons. The van der Waals surface area contributed by atoms with E-state index in [1.54, 1.807) is 11.0 Å². The number of amides is 1. The Morgan fingerprint density at radius 2 is 1.86 bits per heavy atom. The summed E-state index contributed by atoms with van der Waals surface area (Å²) in [6.07, 6.45) is 0.00448. The summed E-state index contributed by atoms with van der Waals surface area (Å²) in [4.78, 5) is 26.0. The number of carbonyl (C=O) groups is 2. The van der Waals surface area contributed by atoms with Crippen molar-refractivity contribution in [3.05, 3.63) is 34.9 Å². The van der Waals surface area contributed by atoms with Crippen molar-refractivity contribution in [2.75, 3.05) is 19.7 Å². The molecule has 1 fully saturated rings. The second-order valence-corrected chi connectivity index (χ2v) is 5.88. The van der Waals surface area contributed by atoms with Gasteiger partial charge in [-0.05, 0) is 44.9 Å². The Labute approximate surface area is 131 Å². The van der Waals surface area contributed by atoms with Gasteiger partial charge in [-0.1, -0.05) is 12.1 Å². The van der Waals surface area contributed by atoms with Crippen LogP contribution in [-0.2, 0) is 14.3 Å². The second-order valence-electron chi connectivity index (χ2n) is 5.88. The van der Waals surface area contributed by atoms with Crippen molar-refractivity contribution in [1.82, 2.24) is 4.90 Å². The molecule has 1 aliphatic rings. The van der Waals surface area contributed by atoms with Crippen LogP contribution >= 0.6 is 0 Å². The molecule has 0 saturated carbocycles. The molecule has 1 saturated heterocycles. The Balaban J connectivity index is 1.93. The van der Waals surface area contributed by atoms with Gasteiger partial charge >= 0.3 is 5.97 Å². The molecule has 1 aliphatic heterocycles. The van der Waals surface area contributed by atoms with Gasteiger partial charge in [-0.3, -0.25) is 4.79 Å². The minimum atomic E-state index is -0.455. The number of benzene rings is 1. The third-order valence-corrected chi connectivity index (χ3v) is 3.92. The number of carbonyl (C=O) groups excluding carboxylic acids is 2. The van der Waals surface area contributed by atoms with Crippen LogP contribution in [0.4, 0.5) is 0 Å². The number of aryl methyl sites for hydroxylation is 1. The van der Waals surface area contributed by atoms with Gasteiger partial charge in [-0.25, -0.2) is 4.79 Å². The molecule has 2 atom stereocenters. The maximum atomic E-state index is 12.2. The van der Waals surface area contributed by atoms with Crippen molar-refractivity contribution in [3.63, 3.8) is 0 Å². The van der Waals surface area contributed by atoms with E-state index in [0.717, 1.165) is 11.1 Å². The maximum Gasteiger partial charge on any atom is 0.338 e. The number of hydrogen-bond donors (Lipinski definition) is 0. The summed E-state index contributed by atoms with van der Waals surface area (Å²) >= 11 is 0. The molecule has 22 heavy (non-hydrogen) atoms. The molecule has 5 heteroatoms. The van der Waals surface area contributed by atoms with E-state index in [1.165, 1.54) is 0 Å². The average Bonchev–Trinajstić information content (AvgIpc) is 2.46. The highest BCUT2D eigenvalue weighted by Gasteiger charge is 2.26.